The van der Waals surface area contributed by atoms with E-state index in [0.717, 1.165) is 35.9 Å². The van der Waals surface area contributed by atoms with Gasteiger partial charge in [0.05, 0.1) is 6.26 Å². The molecule has 0 N–H and O–H groups in total. The highest BCUT2D eigenvalue weighted by Gasteiger charge is 2.27. The molecule has 0 aliphatic carbocycles. The largest absolute Gasteiger partial charge is 0.459 e. The van der Waals surface area contributed by atoms with E-state index in [0.29, 0.717) is 11.7 Å². The number of fused-ring (bicyclic) bond motifs is 1. The molecule has 4 rings (SSSR count). The molecule has 0 bridgehead atoms. The maximum atomic E-state index is 12.2. The van der Waals surface area contributed by atoms with Crippen LogP contribution in [0.15, 0.2) is 29.1 Å². The third-order valence-corrected chi connectivity index (χ3v) is 4.84. The van der Waals surface area contributed by atoms with Crippen molar-refractivity contribution in [3.05, 3.63) is 35.5 Å². The van der Waals surface area contributed by atoms with Gasteiger partial charge in [-0.25, -0.2) is 0 Å². The standard InChI is InChI=1S/C13H13N5O2S/c19-12(10-2-1-7-20-10)17-5-3-9(4-6-17)11-16-18-8-14-15-13(18)21-11/h1-2,7-9H,3-6H2. The zero-order valence-corrected chi connectivity index (χ0v) is 12.0. The summed E-state index contributed by atoms with van der Waals surface area (Å²) in [5, 5.41) is 13.4. The molecular weight excluding hydrogens is 290 g/mol. The molecule has 108 valence electrons. The third-order valence-electron chi connectivity index (χ3n) is 3.77. The number of aromatic nitrogens is 4. The number of amides is 1. The summed E-state index contributed by atoms with van der Waals surface area (Å²) in [6.45, 7) is 1.45. The Morgan fingerprint density at radius 2 is 2.24 bits per heavy atom. The molecule has 3 aromatic rings. The molecule has 1 aliphatic rings. The van der Waals surface area contributed by atoms with E-state index in [1.165, 1.54) is 6.26 Å². The second kappa shape index (κ2) is 4.96. The minimum Gasteiger partial charge on any atom is -0.459 e. The van der Waals surface area contributed by atoms with Crippen LogP contribution in [-0.2, 0) is 0 Å². The summed E-state index contributed by atoms with van der Waals surface area (Å²) in [7, 11) is 0. The third kappa shape index (κ3) is 2.21. The molecule has 3 aromatic heterocycles. The van der Waals surface area contributed by atoms with Crippen molar-refractivity contribution in [3.63, 3.8) is 0 Å². The molecule has 0 saturated carbocycles. The highest BCUT2D eigenvalue weighted by molar-refractivity contribution is 7.16. The molecule has 7 nitrogen and oxygen atoms in total. The number of furan rings is 1. The van der Waals surface area contributed by atoms with Crippen LogP contribution in [0, 0.1) is 0 Å². The minimum atomic E-state index is -0.0309. The molecule has 8 heteroatoms. The van der Waals surface area contributed by atoms with Gasteiger partial charge < -0.3 is 9.32 Å². The van der Waals surface area contributed by atoms with Crippen LogP contribution < -0.4 is 0 Å². The fraction of sp³-hybridized carbons (Fsp3) is 0.385. The lowest BCUT2D eigenvalue weighted by Gasteiger charge is -2.30. The number of likely N-dealkylation sites (tertiary alicyclic amines) is 1. The van der Waals surface area contributed by atoms with Crippen molar-refractivity contribution in [1.82, 2.24) is 24.7 Å². The first-order chi connectivity index (χ1) is 10.3. The Bertz CT molecular complexity index is 726. The fourth-order valence-corrected chi connectivity index (χ4v) is 3.61. The van der Waals surface area contributed by atoms with Gasteiger partial charge in [0.25, 0.3) is 5.91 Å². The van der Waals surface area contributed by atoms with Gasteiger partial charge in [-0.05, 0) is 25.0 Å². The second-order valence-electron chi connectivity index (χ2n) is 5.04. The van der Waals surface area contributed by atoms with Crippen LogP contribution in [-0.4, -0.2) is 43.7 Å². The zero-order chi connectivity index (χ0) is 14.2. The van der Waals surface area contributed by atoms with Crippen LogP contribution in [0.3, 0.4) is 0 Å². The second-order valence-corrected chi connectivity index (χ2v) is 6.03. The number of hydrogen-bond donors (Lipinski definition) is 0. The SMILES string of the molecule is O=C(c1ccco1)N1CCC(c2nn3cnnc3s2)CC1. The predicted molar refractivity (Wildman–Crippen MR) is 75.2 cm³/mol. The van der Waals surface area contributed by atoms with Crippen molar-refractivity contribution in [1.29, 1.82) is 0 Å². The number of rotatable bonds is 2. The van der Waals surface area contributed by atoms with Crippen molar-refractivity contribution in [2.45, 2.75) is 18.8 Å². The Morgan fingerprint density at radius 1 is 1.38 bits per heavy atom. The fourth-order valence-electron chi connectivity index (χ4n) is 2.63. The van der Waals surface area contributed by atoms with Gasteiger partial charge >= 0.3 is 0 Å². The topological polar surface area (TPSA) is 76.5 Å². The molecule has 0 unspecified atom stereocenters. The van der Waals surface area contributed by atoms with E-state index in [1.54, 1.807) is 34.3 Å². The first kappa shape index (κ1) is 12.5. The number of piperidine rings is 1. The summed E-state index contributed by atoms with van der Waals surface area (Å²) >= 11 is 1.57. The maximum absolute atomic E-state index is 12.2. The molecule has 1 saturated heterocycles. The quantitative estimate of drug-likeness (QED) is 0.721. The van der Waals surface area contributed by atoms with Crippen LogP contribution >= 0.6 is 11.3 Å². The monoisotopic (exact) mass is 303 g/mol. The summed E-state index contributed by atoms with van der Waals surface area (Å²) in [6.07, 6.45) is 4.97. The summed E-state index contributed by atoms with van der Waals surface area (Å²) < 4.78 is 6.88. The van der Waals surface area contributed by atoms with Gasteiger partial charge in [-0.2, -0.15) is 9.61 Å². The van der Waals surface area contributed by atoms with Crippen LogP contribution in [0.1, 0.15) is 34.3 Å². The summed E-state index contributed by atoms with van der Waals surface area (Å²) in [5.74, 6) is 0.765. The highest BCUT2D eigenvalue weighted by atomic mass is 32.1. The Kier molecular flexibility index (Phi) is 2.95. The molecular formula is C13H13N5O2S. The Balaban J connectivity index is 1.44. The summed E-state index contributed by atoms with van der Waals surface area (Å²) in [4.78, 5) is 14.9. The molecule has 0 aromatic carbocycles. The van der Waals surface area contributed by atoms with Gasteiger partial charge in [0.2, 0.25) is 4.96 Å². The maximum Gasteiger partial charge on any atom is 0.289 e. The van der Waals surface area contributed by atoms with Crippen LogP contribution in [0.25, 0.3) is 4.96 Å². The van der Waals surface area contributed by atoms with Gasteiger partial charge in [0.15, 0.2) is 5.76 Å². The van der Waals surface area contributed by atoms with Crippen LogP contribution in [0.5, 0.6) is 0 Å². The highest BCUT2D eigenvalue weighted by Crippen LogP contribution is 2.31. The van der Waals surface area contributed by atoms with E-state index in [2.05, 4.69) is 15.3 Å². The smallest absolute Gasteiger partial charge is 0.289 e. The summed E-state index contributed by atoms with van der Waals surface area (Å²) in [5.41, 5.74) is 0. The van der Waals surface area contributed by atoms with Gasteiger partial charge in [-0.15, -0.1) is 10.2 Å². The minimum absolute atomic E-state index is 0.0309. The van der Waals surface area contributed by atoms with Gasteiger partial charge in [-0.1, -0.05) is 11.3 Å². The van der Waals surface area contributed by atoms with Crippen molar-refractivity contribution in [2.24, 2.45) is 0 Å². The van der Waals surface area contributed by atoms with E-state index in [4.69, 9.17) is 4.42 Å². The van der Waals surface area contributed by atoms with Crippen molar-refractivity contribution < 1.29 is 9.21 Å². The lowest BCUT2D eigenvalue weighted by atomic mass is 9.97. The normalized spacial score (nSPS) is 16.7. The molecule has 21 heavy (non-hydrogen) atoms. The molecule has 1 amide bonds. The Morgan fingerprint density at radius 3 is 2.95 bits per heavy atom. The first-order valence-corrected chi connectivity index (χ1v) is 7.62. The Hall–Kier alpha value is -2.22. The summed E-state index contributed by atoms with van der Waals surface area (Å²) in [6, 6.07) is 3.44. The first-order valence-electron chi connectivity index (χ1n) is 6.81. The predicted octanol–water partition coefficient (Wildman–Crippen LogP) is 1.80. The van der Waals surface area contributed by atoms with E-state index in [-0.39, 0.29) is 5.91 Å². The van der Waals surface area contributed by atoms with Gasteiger partial charge in [-0.3, -0.25) is 4.79 Å². The average Bonchev–Trinajstić information content (AvgIpc) is 3.23. The van der Waals surface area contributed by atoms with Crippen molar-refractivity contribution >= 4 is 22.2 Å². The van der Waals surface area contributed by atoms with E-state index in [1.807, 2.05) is 4.90 Å². The molecule has 0 radical (unpaired) electrons. The molecule has 0 atom stereocenters. The zero-order valence-electron chi connectivity index (χ0n) is 11.2. The molecule has 1 aliphatic heterocycles. The Labute approximate surface area is 124 Å². The molecule has 4 heterocycles. The molecule has 0 spiro atoms. The van der Waals surface area contributed by atoms with E-state index >= 15 is 0 Å². The lowest BCUT2D eigenvalue weighted by molar-refractivity contribution is 0.0680. The number of nitrogens with zero attached hydrogens (tertiary/aromatic N) is 5. The van der Waals surface area contributed by atoms with E-state index in [9.17, 15) is 4.79 Å². The lowest BCUT2D eigenvalue weighted by Crippen LogP contribution is -2.37. The van der Waals surface area contributed by atoms with Crippen LogP contribution in [0.4, 0.5) is 0 Å². The van der Waals surface area contributed by atoms with Gasteiger partial charge in [0.1, 0.15) is 11.3 Å². The van der Waals surface area contributed by atoms with Crippen molar-refractivity contribution in [3.8, 4) is 0 Å². The van der Waals surface area contributed by atoms with Crippen LogP contribution in [0.2, 0.25) is 0 Å². The van der Waals surface area contributed by atoms with Gasteiger partial charge in [0, 0.05) is 19.0 Å². The molecule has 1 fully saturated rings. The van der Waals surface area contributed by atoms with Crippen molar-refractivity contribution in [2.75, 3.05) is 13.1 Å². The van der Waals surface area contributed by atoms with E-state index < -0.39 is 0 Å². The number of hydrogen-bond acceptors (Lipinski definition) is 6. The average molecular weight is 303 g/mol. The number of carbonyl (C=O) groups is 1. The number of carbonyl (C=O) groups excluding carboxylic acids is 1.